The van der Waals surface area contributed by atoms with E-state index in [9.17, 15) is 17.2 Å². The van der Waals surface area contributed by atoms with E-state index in [1.807, 2.05) is 19.9 Å². The monoisotopic (exact) mass is 333 g/mol. The summed E-state index contributed by atoms with van der Waals surface area (Å²) in [6.45, 7) is 0.749. The van der Waals surface area contributed by atoms with Crippen molar-refractivity contribution in [3.63, 3.8) is 0 Å². The molecule has 122 valence electrons. The maximum absolute atomic E-state index is 12.6. The quantitative estimate of drug-likeness (QED) is 0.846. The van der Waals surface area contributed by atoms with Crippen LogP contribution in [-0.4, -0.2) is 44.1 Å². The maximum atomic E-state index is 12.6. The first kappa shape index (κ1) is 15.6. The zero-order valence-electron chi connectivity index (χ0n) is 12.3. The molecule has 1 fully saturated rings. The van der Waals surface area contributed by atoms with Crippen molar-refractivity contribution in [3.8, 4) is 5.75 Å². The topological polar surface area (TPSA) is 55.8 Å². The Morgan fingerprint density at radius 1 is 1.36 bits per heavy atom. The zero-order valence-corrected chi connectivity index (χ0v) is 13.1. The molecule has 0 unspecified atom stereocenters. The van der Waals surface area contributed by atoms with Gasteiger partial charge in [-0.15, -0.1) is 0 Å². The van der Waals surface area contributed by atoms with Gasteiger partial charge in [0.1, 0.15) is 16.2 Å². The molecule has 8 heteroatoms. The highest BCUT2D eigenvalue weighted by Gasteiger charge is 2.42. The van der Waals surface area contributed by atoms with Crippen LogP contribution >= 0.6 is 0 Å². The minimum absolute atomic E-state index is 0.0697. The van der Waals surface area contributed by atoms with Crippen molar-refractivity contribution in [1.82, 2.24) is 4.31 Å². The number of rotatable bonds is 4. The van der Waals surface area contributed by atoms with E-state index >= 15 is 0 Å². The molecule has 0 N–H and O–H groups in total. The Hall–Kier alpha value is -1.25. The highest BCUT2D eigenvalue weighted by molar-refractivity contribution is 7.89. The number of sulfonamides is 1. The van der Waals surface area contributed by atoms with Gasteiger partial charge in [-0.25, -0.2) is 8.42 Å². The predicted octanol–water partition coefficient (Wildman–Crippen LogP) is 2.01. The van der Waals surface area contributed by atoms with E-state index in [2.05, 4.69) is 4.74 Å². The lowest BCUT2D eigenvalue weighted by atomic mass is 10.0. The molecule has 0 aliphatic carbocycles. The number of para-hydroxylation sites is 1. The van der Waals surface area contributed by atoms with Gasteiger partial charge in [0.05, 0.1) is 6.10 Å². The average molecular weight is 333 g/mol. The summed E-state index contributed by atoms with van der Waals surface area (Å²) in [6, 6.07) is 4.99. The van der Waals surface area contributed by atoms with Crippen molar-refractivity contribution in [1.29, 1.82) is 0 Å². The molecule has 3 rings (SSSR count). The third kappa shape index (κ3) is 2.70. The van der Waals surface area contributed by atoms with Crippen LogP contribution in [0.5, 0.6) is 5.75 Å². The van der Waals surface area contributed by atoms with Gasteiger partial charge in [-0.3, -0.25) is 0 Å². The van der Waals surface area contributed by atoms with E-state index < -0.39 is 28.3 Å². The van der Waals surface area contributed by atoms with Crippen LogP contribution in [-0.2, 0) is 21.2 Å². The molecule has 2 heterocycles. The Bertz CT molecular complexity index is 684. The lowest BCUT2D eigenvalue weighted by Gasteiger charge is -2.37. The van der Waals surface area contributed by atoms with Crippen molar-refractivity contribution in [2.24, 2.45) is 0 Å². The predicted molar refractivity (Wildman–Crippen MR) is 74.5 cm³/mol. The standard InChI is InChI=1S/C14H17F2NO4S/c1-14(2)6-9-4-3-5-11(12(9)21-14)22(18,19)17-7-10(8-17)20-13(15)16/h3-5,10,13H,6-8H2,1-2H3. The molecule has 0 spiro atoms. The molecule has 0 saturated carbocycles. The maximum Gasteiger partial charge on any atom is 0.345 e. The van der Waals surface area contributed by atoms with Crippen LogP contribution in [0, 0.1) is 0 Å². The molecule has 5 nitrogen and oxygen atoms in total. The lowest BCUT2D eigenvalue weighted by molar-refractivity contribution is -0.185. The fraction of sp³-hybridized carbons (Fsp3) is 0.571. The minimum Gasteiger partial charge on any atom is -0.486 e. The Morgan fingerprint density at radius 3 is 2.68 bits per heavy atom. The van der Waals surface area contributed by atoms with E-state index in [1.165, 1.54) is 6.07 Å². The molecule has 1 aromatic carbocycles. The summed E-state index contributed by atoms with van der Waals surface area (Å²) < 4.78 is 60.7. The minimum atomic E-state index is -3.76. The second-order valence-electron chi connectivity index (χ2n) is 6.12. The molecule has 1 saturated heterocycles. The summed E-state index contributed by atoms with van der Waals surface area (Å²) >= 11 is 0. The van der Waals surface area contributed by atoms with Gasteiger partial charge in [0.2, 0.25) is 10.0 Å². The molecule has 1 aromatic rings. The van der Waals surface area contributed by atoms with Crippen LogP contribution in [0.1, 0.15) is 19.4 Å². The van der Waals surface area contributed by atoms with E-state index in [4.69, 9.17) is 4.74 Å². The second kappa shape index (κ2) is 5.14. The molecule has 0 aromatic heterocycles. The van der Waals surface area contributed by atoms with Crippen molar-refractivity contribution < 1.29 is 26.7 Å². The first-order chi connectivity index (χ1) is 10.2. The second-order valence-corrected chi connectivity index (χ2v) is 8.03. The molecule has 0 atom stereocenters. The SMILES string of the molecule is CC1(C)Cc2cccc(S(=O)(=O)N3CC(OC(F)F)C3)c2O1. The molecule has 0 amide bonds. The summed E-state index contributed by atoms with van der Waals surface area (Å²) in [6.07, 6.45) is -0.132. The van der Waals surface area contributed by atoms with Gasteiger partial charge in [0.15, 0.2) is 0 Å². The fourth-order valence-corrected chi connectivity index (χ4v) is 4.42. The summed E-state index contributed by atoms with van der Waals surface area (Å²) in [7, 11) is -3.76. The number of ether oxygens (including phenoxy) is 2. The number of hydrogen-bond donors (Lipinski definition) is 0. The molecule has 2 aliphatic rings. The van der Waals surface area contributed by atoms with Gasteiger partial charge in [-0.05, 0) is 25.5 Å². The van der Waals surface area contributed by atoms with Gasteiger partial charge < -0.3 is 9.47 Å². The third-order valence-electron chi connectivity index (χ3n) is 3.78. The summed E-state index contributed by atoms with van der Waals surface area (Å²) in [5.74, 6) is 0.366. The average Bonchev–Trinajstić information content (AvgIpc) is 2.65. The van der Waals surface area contributed by atoms with Crippen LogP contribution in [0.4, 0.5) is 8.78 Å². The Balaban J connectivity index is 1.83. The normalized spacial score (nSPS) is 21.5. The molecular weight excluding hydrogens is 316 g/mol. The van der Waals surface area contributed by atoms with Crippen LogP contribution in [0.2, 0.25) is 0 Å². The number of benzene rings is 1. The highest BCUT2D eigenvalue weighted by Crippen LogP contribution is 2.41. The first-order valence-electron chi connectivity index (χ1n) is 6.94. The van der Waals surface area contributed by atoms with Crippen molar-refractivity contribution in [2.45, 2.75) is 43.5 Å². The van der Waals surface area contributed by atoms with Crippen LogP contribution < -0.4 is 4.74 Å². The lowest BCUT2D eigenvalue weighted by Crippen LogP contribution is -2.55. The van der Waals surface area contributed by atoms with E-state index in [0.717, 1.165) is 9.87 Å². The Labute approximate surface area is 127 Å². The van der Waals surface area contributed by atoms with Gasteiger partial charge in [0.25, 0.3) is 0 Å². The zero-order chi connectivity index (χ0) is 16.1. The van der Waals surface area contributed by atoms with Crippen molar-refractivity contribution in [3.05, 3.63) is 23.8 Å². The third-order valence-corrected chi connectivity index (χ3v) is 5.64. The van der Waals surface area contributed by atoms with E-state index in [1.54, 1.807) is 6.07 Å². The molecule has 22 heavy (non-hydrogen) atoms. The highest BCUT2D eigenvalue weighted by atomic mass is 32.2. The summed E-state index contributed by atoms with van der Waals surface area (Å²) in [5.41, 5.74) is 0.386. The van der Waals surface area contributed by atoms with E-state index in [0.29, 0.717) is 12.2 Å². The molecular formula is C14H17F2NO4S. The Kier molecular flexibility index (Phi) is 3.65. The van der Waals surface area contributed by atoms with Crippen molar-refractivity contribution >= 4 is 10.0 Å². The van der Waals surface area contributed by atoms with Crippen LogP contribution in [0.25, 0.3) is 0 Å². The summed E-state index contributed by atoms with van der Waals surface area (Å²) in [4.78, 5) is 0.0890. The van der Waals surface area contributed by atoms with E-state index in [-0.39, 0.29) is 18.0 Å². The van der Waals surface area contributed by atoms with Gasteiger partial charge in [-0.2, -0.15) is 13.1 Å². The van der Waals surface area contributed by atoms with Crippen LogP contribution in [0.3, 0.4) is 0 Å². The number of fused-ring (bicyclic) bond motifs is 1. The first-order valence-corrected chi connectivity index (χ1v) is 8.38. The molecule has 0 bridgehead atoms. The number of nitrogens with zero attached hydrogens (tertiary/aromatic N) is 1. The smallest absolute Gasteiger partial charge is 0.345 e. The van der Waals surface area contributed by atoms with Crippen molar-refractivity contribution in [2.75, 3.05) is 13.1 Å². The summed E-state index contributed by atoms with van der Waals surface area (Å²) in [5, 5.41) is 0. The van der Waals surface area contributed by atoms with Gasteiger partial charge in [-0.1, -0.05) is 12.1 Å². The fourth-order valence-electron chi connectivity index (χ4n) is 2.76. The number of hydrogen-bond acceptors (Lipinski definition) is 4. The Morgan fingerprint density at radius 2 is 2.05 bits per heavy atom. The van der Waals surface area contributed by atoms with Gasteiger partial charge in [0, 0.05) is 19.5 Å². The molecule has 2 aliphatic heterocycles. The number of alkyl halides is 2. The number of halogens is 2. The largest absolute Gasteiger partial charge is 0.486 e. The van der Waals surface area contributed by atoms with Crippen LogP contribution in [0.15, 0.2) is 23.1 Å². The molecule has 0 radical (unpaired) electrons. The van der Waals surface area contributed by atoms with Gasteiger partial charge >= 0.3 is 6.61 Å².